The average molecular weight is 267 g/mol. The van der Waals surface area contributed by atoms with Crippen LogP contribution < -0.4 is 5.32 Å². The molecule has 2 rings (SSSR count). The molecule has 0 aliphatic carbocycles. The van der Waals surface area contributed by atoms with Gasteiger partial charge in [0.2, 0.25) is 5.89 Å². The second-order valence-corrected chi connectivity index (χ2v) is 4.73. The highest BCUT2D eigenvalue weighted by Crippen LogP contribution is 2.23. The van der Waals surface area contributed by atoms with E-state index in [1.54, 1.807) is 6.20 Å². The summed E-state index contributed by atoms with van der Waals surface area (Å²) in [6.07, 6.45) is 3.14. The summed E-state index contributed by atoms with van der Waals surface area (Å²) in [7, 11) is 1.34. The van der Waals surface area contributed by atoms with Gasteiger partial charge in [-0.1, -0.05) is 11.3 Å². The largest absolute Gasteiger partial charge is 0.465 e. The predicted octanol–water partition coefficient (Wildman–Crippen LogP) is 2.40. The summed E-state index contributed by atoms with van der Waals surface area (Å²) in [4.78, 5) is 20.0. The van der Waals surface area contributed by atoms with Crippen molar-refractivity contribution in [1.82, 2.24) is 9.97 Å². The summed E-state index contributed by atoms with van der Waals surface area (Å²) < 4.78 is 10.0. The van der Waals surface area contributed by atoms with E-state index < -0.39 is 0 Å². The lowest BCUT2D eigenvalue weighted by Crippen LogP contribution is -2.06. The topological polar surface area (TPSA) is 77.2 Å². The molecule has 18 heavy (non-hydrogen) atoms. The maximum atomic E-state index is 11.3. The highest BCUT2D eigenvalue weighted by atomic mass is 32.1. The number of esters is 1. The van der Waals surface area contributed by atoms with Crippen LogP contribution in [-0.2, 0) is 4.74 Å². The minimum Gasteiger partial charge on any atom is -0.465 e. The fraction of sp³-hybridized carbons (Fsp3) is 0.364. The number of oxazole rings is 1. The Morgan fingerprint density at radius 2 is 2.28 bits per heavy atom. The van der Waals surface area contributed by atoms with Crippen LogP contribution in [0, 0.1) is 6.92 Å². The Balaban J connectivity index is 2.05. The Kier molecular flexibility index (Phi) is 3.61. The normalized spacial score (nSPS) is 12.2. The van der Waals surface area contributed by atoms with Crippen molar-refractivity contribution in [3.8, 4) is 0 Å². The molecule has 0 aliphatic heterocycles. The number of thiazole rings is 1. The van der Waals surface area contributed by atoms with Gasteiger partial charge in [0, 0.05) is 0 Å². The van der Waals surface area contributed by atoms with Crippen LogP contribution in [0.5, 0.6) is 0 Å². The lowest BCUT2D eigenvalue weighted by Gasteiger charge is -2.07. The van der Waals surface area contributed by atoms with E-state index in [1.165, 1.54) is 24.6 Å². The molecule has 0 saturated heterocycles. The molecule has 1 N–H and O–H groups in total. The molecule has 6 nitrogen and oxygen atoms in total. The fourth-order valence-corrected chi connectivity index (χ4v) is 2.18. The maximum Gasteiger partial charge on any atom is 0.349 e. The van der Waals surface area contributed by atoms with Gasteiger partial charge in [0.05, 0.1) is 19.5 Å². The van der Waals surface area contributed by atoms with E-state index >= 15 is 0 Å². The van der Waals surface area contributed by atoms with Gasteiger partial charge in [-0.25, -0.2) is 14.8 Å². The van der Waals surface area contributed by atoms with Crippen LogP contribution in [0.4, 0.5) is 5.13 Å². The second kappa shape index (κ2) is 5.18. The molecule has 2 aromatic heterocycles. The molecular formula is C11H13N3O3S. The molecule has 96 valence electrons. The van der Waals surface area contributed by atoms with Crippen molar-refractivity contribution >= 4 is 22.4 Å². The Bertz CT molecular complexity index is 549. The van der Waals surface area contributed by atoms with Crippen LogP contribution >= 0.6 is 11.3 Å². The number of aromatic nitrogens is 2. The third-order valence-electron chi connectivity index (χ3n) is 2.24. The van der Waals surface area contributed by atoms with E-state index in [4.69, 9.17) is 4.42 Å². The molecule has 0 aliphatic rings. The number of anilines is 1. The van der Waals surface area contributed by atoms with Gasteiger partial charge >= 0.3 is 5.97 Å². The summed E-state index contributed by atoms with van der Waals surface area (Å²) in [5, 5.41) is 3.74. The first-order chi connectivity index (χ1) is 8.60. The quantitative estimate of drug-likeness (QED) is 0.857. The van der Waals surface area contributed by atoms with Gasteiger partial charge in [0.1, 0.15) is 16.7 Å². The van der Waals surface area contributed by atoms with Crippen LogP contribution in [0.2, 0.25) is 0 Å². The van der Waals surface area contributed by atoms with Gasteiger partial charge in [-0.05, 0) is 13.8 Å². The smallest absolute Gasteiger partial charge is 0.349 e. The Labute approximate surface area is 108 Å². The van der Waals surface area contributed by atoms with E-state index in [1.807, 2.05) is 13.8 Å². The average Bonchev–Trinajstić information content (AvgIpc) is 2.97. The third kappa shape index (κ3) is 2.67. The molecule has 0 fully saturated rings. The van der Waals surface area contributed by atoms with Crippen molar-refractivity contribution in [2.75, 3.05) is 12.4 Å². The van der Waals surface area contributed by atoms with Crippen molar-refractivity contribution in [2.45, 2.75) is 19.9 Å². The Morgan fingerprint density at radius 3 is 2.89 bits per heavy atom. The second-order valence-electron chi connectivity index (χ2n) is 3.70. The van der Waals surface area contributed by atoms with Gasteiger partial charge in [-0.2, -0.15) is 0 Å². The van der Waals surface area contributed by atoms with Crippen molar-refractivity contribution in [1.29, 1.82) is 0 Å². The summed E-state index contributed by atoms with van der Waals surface area (Å²) in [5.74, 6) is 0.954. The maximum absolute atomic E-state index is 11.3. The third-order valence-corrected chi connectivity index (χ3v) is 3.15. The Hall–Kier alpha value is -1.89. The number of aryl methyl sites for hydroxylation is 1. The highest BCUT2D eigenvalue weighted by Gasteiger charge is 2.15. The van der Waals surface area contributed by atoms with Crippen molar-refractivity contribution in [3.63, 3.8) is 0 Å². The van der Waals surface area contributed by atoms with Gasteiger partial charge in [-0.15, -0.1) is 0 Å². The number of carbonyl (C=O) groups is 1. The number of rotatable bonds is 4. The van der Waals surface area contributed by atoms with Gasteiger partial charge in [0.25, 0.3) is 0 Å². The number of nitrogens with one attached hydrogen (secondary N) is 1. The van der Waals surface area contributed by atoms with E-state index in [-0.39, 0.29) is 12.0 Å². The Morgan fingerprint density at radius 1 is 1.50 bits per heavy atom. The molecule has 0 radical (unpaired) electrons. The first-order valence-electron chi connectivity index (χ1n) is 5.33. The zero-order valence-electron chi connectivity index (χ0n) is 10.3. The molecule has 7 heteroatoms. The van der Waals surface area contributed by atoms with Crippen LogP contribution in [0.15, 0.2) is 16.8 Å². The molecule has 2 heterocycles. The van der Waals surface area contributed by atoms with Gasteiger partial charge in [0.15, 0.2) is 5.13 Å². The number of hydrogen-bond acceptors (Lipinski definition) is 7. The number of ether oxygens (including phenoxy) is 1. The van der Waals surface area contributed by atoms with Gasteiger partial charge in [-0.3, -0.25) is 0 Å². The molecule has 2 aromatic rings. The van der Waals surface area contributed by atoms with E-state index in [9.17, 15) is 4.79 Å². The van der Waals surface area contributed by atoms with Crippen LogP contribution in [0.25, 0.3) is 0 Å². The summed E-state index contributed by atoms with van der Waals surface area (Å²) >= 11 is 1.23. The first-order valence-corrected chi connectivity index (χ1v) is 6.15. The van der Waals surface area contributed by atoms with Crippen molar-refractivity contribution in [3.05, 3.63) is 28.9 Å². The SMILES string of the molecule is COC(=O)c1cnc(NC(C)c2ncc(C)o2)s1. The number of nitrogens with zero attached hydrogens (tertiary/aromatic N) is 2. The predicted molar refractivity (Wildman–Crippen MR) is 66.7 cm³/mol. The number of carbonyl (C=O) groups excluding carboxylic acids is 1. The minimum absolute atomic E-state index is 0.115. The van der Waals surface area contributed by atoms with E-state index in [2.05, 4.69) is 20.0 Å². The molecule has 0 amide bonds. The molecule has 0 bridgehead atoms. The summed E-state index contributed by atoms with van der Waals surface area (Å²) in [6, 6.07) is -0.115. The summed E-state index contributed by atoms with van der Waals surface area (Å²) in [6.45, 7) is 3.74. The van der Waals surface area contributed by atoms with E-state index in [0.29, 0.717) is 15.9 Å². The zero-order chi connectivity index (χ0) is 13.1. The van der Waals surface area contributed by atoms with Crippen LogP contribution in [-0.4, -0.2) is 23.0 Å². The molecule has 0 saturated carbocycles. The number of methoxy groups -OCH3 is 1. The standard InChI is InChI=1S/C11H13N3O3S/c1-6-4-12-9(17-6)7(2)14-11-13-5-8(18-11)10(15)16-3/h4-5,7H,1-3H3,(H,13,14). The molecule has 0 aromatic carbocycles. The zero-order valence-corrected chi connectivity index (χ0v) is 11.1. The lowest BCUT2D eigenvalue weighted by atomic mass is 10.3. The van der Waals surface area contributed by atoms with Crippen LogP contribution in [0.1, 0.15) is 34.3 Å². The van der Waals surface area contributed by atoms with Crippen molar-refractivity contribution < 1.29 is 13.9 Å². The highest BCUT2D eigenvalue weighted by molar-refractivity contribution is 7.17. The molecule has 1 atom stereocenters. The van der Waals surface area contributed by atoms with Crippen molar-refractivity contribution in [2.24, 2.45) is 0 Å². The lowest BCUT2D eigenvalue weighted by molar-refractivity contribution is 0.0606. The van der Waals surface area contributed by atoms with Crippen LogP contribution in [0.3, 0.4) is 0 Å². The minimum atomic E-state index is -0.389. The molecule has 1 unspecified atom stereocenters. The van der Waals surface area contributed by atoms with Gasteiger partial charge < -0.3 is 14.5 Å². The number of hydrogen-bond donors (Lipinski definition) is 1. The molecule has 0 spiro atoms. The fourth-order valence-electron chi connectivity index (χ4n) is 1.36. The van der Waals surface area contributed by atoms with E-state index in [0.717, 1.165) is 5.76 Å². The molecular weight excluding hydrogens is 254 g/mol. The summed E-state index contributed by atoms with van der Waals surface area (Å²) in [5.41, 5.74) is 0. The monoisotopic (exact) mass is 267 g/mol. The first kappa shape index (κ1) is 12.6.